The van der Waals surface area contributed by atoms with E-state index in [0.717, 1.165) is 48.6 Å². The number of nitrogens with one attached hydrogen (secondary N) is 2. The van der Waals surface area contributed by atoms with Gasteiger partial charge in [-0.15, -0.1) is 24.0 Å². The molecule has 1 aromatic rings. The summed E-state index contributed by atoms with van der Waals surface area (Å²) in [5.74, 6) is 2.31. The molecule has 2 rings (SSSR count). The second-order valence-electron chi connectivity index (χ2n) is 6.74. The van der Waals surface area contributed by atoms with Gasteiger partial charge in [0.05, 0.1) is 14.2 Å². The zero-order valence-electron chi connectivity index (χ0n) is 17.1. The van der Waals surface area contributed by atoms with Crippen LogP contribution in [-0.2, 0) is 6.54 Å². The van der Waals surface area contributed by atoms with Gasteiger partial charge in [0.2, 0.25) is 0 Å². The monoisotopic (exact) mass is 490 g/mol. The van der Waals surface area contributed by atoms with Gasteiger partial charge in [-0.05, 0) is 38.8 Å². The molecule has 1 fully saturated rings. The number of piperidine rings is 1. The van der Waals surface area contributed by atoms with Gasteiger partial charge < -0.3 is 25.0 Å². The van der Waals surface area contributed by atoms with Crippen molar-refractivity contribution in [2.45, 2.75) is 45.2 Å². The fraction of sp³-hybridized carbons (Fsp3) is 0.650. The maximum atomic E-state index is 5.48. The average molecular weight is 490 g/mol. The third kappa shape index (κ3) is 7.37. The van der Waals surface area contributed by atoms with Crippen molar-refractivity contribution in [1.82, 2.24) is 15.5 Å². The summed E-state index contributed by atoms with van der Waals surface area (Å²) in [5, 5.41) is 6.75. The Hall–Kier alpha value is -1.22. The van der Waals surface area contributed by atoms with Crippen LogP contribution in [0.25, 0.3) is 0 Å². The number of nitrogens with zero attached hydrogens (tertiary/aromatic N) is 2. The van der Waals surface area contributed by atoms with Gasteiger partial charge in [-0.3, -0.25) is 4.99 Å². The molecule has 0 saturated carbocycles. The van der Waals surface area contributed by atoms with Crippen molar-refractivity contribution >= 4 is 29.9 Å². The summed E-state index contributed by atoms with van der Waals surface area (Å²) < 4.78 is 10.8. The van der Waals surface area contributed by atoms with E-state index in [1.807, 2.05) is 18.2 Å². The summed E-state index contributed by atoms with van der Waals surface area (Å²) in [6.45, 7) is 6.27. The molecule has 1 unspecified atom stereocenters. The highest BCUT2D eigenvalue weighted by atomic mass is 127. The quantitative estimate of drug-likeness (QED) is 0.254. The predicted octanol–water partition coefficient (Wildman–Crippen LogP) is 3.25. The number of ether oxygens (including phenoxy) is 2. The molecule has 1 aliphatic heterocycles. The molecule has 0 amide bonds. The lowest BCUT2D eigenvalue weighted by atomic mass is 10.0. The van der Waals surface area contributed by atoms with E-state index in [1.54, 1.807) is 21.3 Å². The Morgan fingerprint density at radius 3 is 2.70 bits per heavy atom. The maximum Gasteiger partial charge on any atom is 0.191 e. The summed E-state index contributed by atoms with van der Waals surface area (Å²) in [6, 6.07) is 6.62. The number of likely N-dealkylation sites (tertiary alicyclic amines) is 1. The number of hydrogen-bond donors (Lipinski definition) is 2. The van der Waals surface area contributed by atoms with Crippen LogP contribution >= 0.6 is 24.0 Å². The Bertz CT molecular complexity index is 583. The minimum Gasteiger partial charge on any atom is -0.493 e. The van der Waals surface area contributed by atoms with E-state index >= 15 is 0 Å². The lowest BCUT2D eigenvalue weighted by molar-refractivity contribution is 0.159. The van der Waals surface area contributed by atoms with E-state index in [1.165, 1.54) is 25.8 Å². The second-order valence-corrected chi connectivity index (χ2v) is 6.74. The van der Waals surface area contributed by atoms with Gasteiger partial charge in [0.25, 0.3) is 0 Å². The number of rotatable bonds is 8. The fourth-order valence-corrected chi connectivity index (χ4v) is 3.47. The van der Waals surface area contributed by atoms with Gasteiger partial charge in [-0.25, -0.2) is 0 Å². The second kappa shape index (κ2) is 13.0. The van der Waals surface area contributed by atoms with Crippen LogP contribution in [0.15, 0.2) is 23.2 Å². The highest BCUT2D eigenvalue weighted by Gasteiger charge is 2.17. The minimum atomic E-state index is 0. The molecule has 7 heteroatoms. The smallest absolute Gasteiger partial charge is 0.191 e. The minimum absolute atomic E-state index is 0. The highest BCUT2D eigenvalue weighted by Crippen LogP contribution is 2.30. The molecule has 27 heavy (non-hydrogen) atoms. The lowest BCUT2D eigenvalue weighted by Gasteiger charge is -2.33. The first-order valence-corrected chi connectivity index (χ1v) is 9.58. The van der Waals surface area contributed by atoms with E-state index in [4.69, 9.17) is 9.47 Å². The van der Waals surface area contributed by atoms with Gasteiger partial charge in [0.15, 0.2) is 17.5 Å². The van der Waals surface area contributed by atoms with Crippen molar-refractivity contribution in [2.75, 3.05) is 40.9 Å². The third-order valence-electron chi connectivity index (χ3n) is 5.01. The summed E-state index contributed by atoms with van der Waals surface area (Å²) >= 11 is 0. The van der Waals surface area contributed by atoms with Crippen LogP contribution in [-0.4, -0.2) is 57.8 Å². The first kappa shape index (κ1) is 23.8. The summed E-state index contributed by atoms with van der Waals surface area (Å²) in [7, 11) is 5.11. The Labute approximate surface area is 181 Å². The van der Waals surface area contributed by atoms with Gasteiger partial charge in [-0.1, -0.05) is 18.6 Å². The molecule has 1 atom stereocenters. The zero-order chi connectivity index (χ0) is 18.8. The molecular formula is C20H35IN4O2. The van der Waals surface area contributed by atoms with Crippen LogP contribution < -0.4 is 20.1 Å². The number of methoxy groups -OCH3 is 2. The highest BCUT2D eigenvalue weighted by molar-refractivity contribution is 14.0. The van der Waals surface area contributed by atoms with E-state index in [0.29, 0.717) is 6.54 Å². The normalized spacial score (nSPS) is 17.8. The number of halogens is 1. The molecule has 1 aliphatic rings. The van der Waals surface area contributed by atoms with Crippen LogP contribution in [0.2, 0.25) is 0 Å². The molecule has 0 spiro atoms. The first-order valence-electron chi connectivity index (χ1n) is 9.58. The molecule has 154 valence electrons. The largest absolute Gasteiger partial charge is 0.493 e. The van der Waals surface area contributed by atoms with Crippen molar-refractivity contribution < 1.29 is 9.47 Å². The van der Waals surface area contributed by atoms with Gasteiger partial charge in [0.1, 0.15) is 0 Å². The Kier molecular flexibility index (Phi) is 11.5. The Balaban J connectivity index is 0.00000364. The van der Waals surface area contributed by atoms with Crippen molar-refractivity contribution in [3.05, 3.63) is 23.8 Å². The molecular weight excluding hydrogens is 455 g/mol. The summed E-state index contributed by atoms with van der Waals surface area (Å²) in [5.41, 5.74) is 1.04. The van der Waals surface area contributed by atoms with E-state index in [9.17, 15) is 0 Å². The van der Waals surface area contributed by atoms with Crippen molar-refractivity contribution in [3.8, 4) is 11.5 Å². The first-order chi connectivity index (χ1) is 12.7. The molecule has 0 aliphatic carbocycles. The maximum absolute atomic E-state index is 5.48. The SMILES string of the molecule is CN=C(NCCCN1CCCCC1C)NCc1cccc(OC)c1OC.I. The van der Waals surface area contributed by atoms with Gasteiger partial charge in [-0.2, -0.15) is 0 Å². The molecule has 2 N–H and O–H groups in total. The summed E-state index contributed by atoms with van der Waals surface area (Å²) in [6.07, 6.45) is 5.16. The van der Waals surface area contributed by atoms with Crippen molar-refractivity contribution in [2.24, 2.45) is 4.99 Å². The summed E-state index contributed by atoms with van der Waals surface area (Å²) in [4.78, 5) is 6.91. The molecule has 1 aromatic carbocycles. The zero-order valence-corrected chi connectivity index (χ0v) is 19.4. The Morgan fingerprint density at radius 2 is 2.04 bits per heavy atom. The van der Waals surface area contributed by atoms with Crippen LogP contribution in [0.5, 0.6) is 11.5 Å². The van der Waals surface area contributed by atoms with Crippen LogP contribution in [0, 0.1) is 0 Å². The topological polar surface area (TPSA) is 58.1 Å². The van der Waals surface area contributed by atoms with Crippen LogP contribution in [0.3, 0.4) is 0 Å². The third-order valence-corrected chi connectivity index (χ3v) is 5.01. The average Bonchev–Trinajstić information content (AvgIpc) is 2.68. The van der Waals surface area contributed by atoms with Gasteiger partial charge in [0, 0.05) is 38.3 Å². The van der Waals surface area contributed by atoms with Crippen molar-refractivity contribution in [1.29, 1.82) is 0 Å². The lowest BCUT2D eigenvalue weighted by Crippen LogP contribution is -2.41. The molecule has 0 aromatic heterocycles. The number of benzene rings is 1. The van der Waals surface area contributed by atoms with Gasteiger partial charge >= 0.3 is 0 Å². The van der Waals surface area contributed by atoms with E-state index in [-0.39, 0.29) is 24.0 Å². The molecule has 0 bridgehead atoms. The molecule has 1 saturated heterocycles. The molecule has 0 radical (unpaired) electrons. The number of para-hydroxylation sites is 1. The van der Waals surface area contributed by atoms with E-state index in [2.05, 4.69) is 27.4 Å². The number of hydrogen-bond acceptors (Lipinski definition) is 4. The molecule has 1 heterocycles. The van der Waals surface area contributed by atoms with Crippen LogP contribution in [0.4, 0.5) is 0 Å². The fourth-order valence-electron chi connectivity index (χ4n) is 3.47. The van der Waals surface area contributed by atoms with Crippen molar-refractivity contribution in [3.63, 3.8) is 0 Å². The van der Waals surface area contributed by atoms with E-state index < -0.39 is 0 Å². The number of guanidine groups is 1. The molecule has 6 nitrogen and oxygen atoms in total. The standard InChI is InChI=1S/C20H34N4O2.HI/c1-16-9-5-6-13-24(16)14-8-12-22-20(21-2)23-15-17-10-7-11-18(25-3)19(17)26-4;/h7,10-11,16H,5-6,8-9,12-15H2,1-4H3,(H2,21,22,23);1H. The Morgan fingerprint density at radius 1 is 1.22 bits per heavy atom. The van der Waals surface area contributed by atoms with Crippen LogP contribution in [0.1, 0.15) is 38.2 Å². The predicted molar refractivity (Wildman–Crippen MR) is 123 cm³/mol. The number of aliphatic imine (C=N–C) groups is 1.